The minimum Gasteiger partial charge on any atom is -0.324 e. The standard InChI is InChI=1S/C13H17ClN2O/c1-8-10(14)3-2-4-12(8)16-13(17)11(15)7-9-5-6-9/h2-4,9,11H,5-7,15H2,1H3,(H,16,17). The summed E-state index contributed by atoms with van der Waals surface area (Å²) in [5.41, 5.74) is 7.47. The van der Waals surface area contributed by atoms with E-state index < -0.39 is 6.04 Å². The molecule has 3 nitrogen and oxygen atoms in total. The van der Waals surface area contributed by atoms with Gasteiger partial charge in [-0.3, -0.25) is 4.79 Å². The fraction of sp³-hybridized carbons (Fsp3) is 0.462. The third kappa shape index (κ3) is 3.20. The number of nitrogens with one attached hydrogen (secondary N) is 1. The summed E-state index contributed by atoms with van der Waals surface area (Å²) < 4.78 is 0. The van der Waals surface area contributed by atoms with Crippen molar-refractivity contribution in [1.82, 2.24) is 0 Å². The zero-order valence-electron chi connectivity index (χ0n) is 9.87. The molecule has 1 aromatic carbocycles. The Hall–Kier alpha value is -1.06. The lowest BCUT2D eigenvalue weighted by atomic mass is 10.1. The molecule has 4 heteroatoms. The summed E-state index contributed by atoms with van der Waals surface area (Å²) in [6, 6.07) is 5.04. The first kappa shape index (κ1) is 12.4. The number of carbonyl (C=O) groups is 1. The molecule has 0 aromatic heterocycles. The van der Waals surface area contributed by atoms with Crippen LogP contribution in [0.2, 0.25) is 5.02 Å². The quantitative estimate of drug-likeness (QED) is 0.866. The average molecular weight is 253 g/mol. The second-order valence-corrected chi connectivity index (χ2v) is 5.09. The van der Waals surface area contributed by atoms with Gasteiger partial charge in [-0.25, -0.2) is 0 Å². The normalized spacial score (nSPS) is 16.6. The third-order valence-electron chi connectivity index (χ3n) is 3.15. The first-order chi connectivity index (χ1) is 8.08. The van der Waals surface area contributed by atoms with Crippen LogP contribution in [0.3, 0.4) is 0 Å². The Morgan fingerprint density at radius 1 is 1.59 bits per heavy atom. The van der Waals surface area contributed by atoms with E-state index in [9.17, 15) is 4.79 Å². The van der Waals surface area contributed by atoms with Crippen LogP contribution in [-0.2, 0) is 4.79 Å². The van der Waals surface area contributed by atoms with Gasteiger partial charge in [0.05, 0.1) is 6.04 Å². The van der Waals surface area contributed by atoms with Gasteiger partial charge in [0.15, 0.2) is 0 Å². The van der Waals surface area contributed by atoms with Gasteiger partial charge in [-0.15, -0.1) is 0 Å². The maximum Gasteiger partial charge on any atom is 0.241 e. The molecular weight excluding hydrogens is 236 g/mol. The van der Waals surface area contributed by atoms with Crippen LogP contribution in [0.25, 0.3) is 0 Å². The summed E-state index contributed by atoms with van der Waals surface area (Å²) in [5.74, 6) is 0.526. The maximum atomic E-state index is 11.9. The lowest BCUT2D eigenvalue weighted by molar-refractivity contribution is -0.117. The average Bonchev–Trinajstić information content (AvgIpc) is 3.08. The highest BCUT2D eigenvalue weighted by Crippen LogP contribution is 2.33. The summed E-state index contributed by atoms with van der Waals surface area (Å²) in [4.78, 5) is 11.9. The number of anilines is 1. The molecule has 1 aliphatic rings. The molecular formula is C13H17ClN2O. The van der Waals surface area contributed by atoms with Gasteiger partial charge in [0.25, 0.3) is 0 Å². The van der Waals surface area contributed by atoms with E-state index in [0.29, 0.717) is 10.9 Å². The molecule has 17 heavy (non-hydrogen) atoms. The van der Waals surface area contributed by atoms with Gasteiger partial charge in [-0.1, -0.05) is 30.5 Å². The molecule has 0 saturated heterocycles. The Morgan fingerprint density at radius 2 is 2.29 bits per heavy atom. The van der Waals surface area contributed by atoms with Crippen molar-refractivity contribution in [2.24, 2.45) is 11.7 Å². The van der Waals surface area contributed by atoms with Crippen LogP contribution in [0.15, 0.2) is 18.2 Å². The molecule has 2 rings (SSSR count). The molecule has 0 aliphatic heterocycles. The van der Waals surface area contributed by atoms with E-state index in [-0.39, 0.29) is 5.91 Å². The topological polar surface area (TPSA) is 55.1 Å². The predicted octanol–water partition coefficient (Wildman–Crippen LogP) is 2.71. The van der Waals surface area contributed by atoms with Crippen molar-refractivity contribution in [2.45, 2.75) is 32.2 Å². The Bertz CT molecular complexity index is 429. The molecule has 0 bridgehead atoms. The lowest BCUT2D eigenvalue weighted by Crippen LogP contribution is -2.36. The molecule has 1 fully saturated rings. The van der Waals surface area contributed by atoms with Gasteiger partial charge < -0.3 is 11.1 Å². The SMILES string of the molecule is Cc1c(Cl)cccc1NC(=O)C(N)CC1CC1. The zero-order chi connectivity index (χ0) is 12.4. The predicted molar refractivity (Wildman–Crippen MR) is 70.1 cm³/mol. The van der Waals surface area contributed by atoms with Crippen molar-refractivity contribution >= 4 is 23.2 Å². The van der Waals surface area contributed by atoms with E-state index in [2.05, 4.69) is 5.32 Å². The number of benzene rings is 1. The Balaban J connectivity index is 1.99. The smallest absolute Gasteiger partial charge is 0.241 e. The molecule has 3 N–H and O–H groups in total. The second kappa shape index (κ2) is 5.07. The molecule has 92 valence electrons. The van der Waals surface area contributed by atoms with Crippen molar-refractivity contribution in [3.63, 3.8) is 0 Å². The minimum atomic E-state index is -0.416. The summed E-state index contributed by atoms with van der Waals surface area (Å²) >= 11 is 5.99. The number of rotatable bonds is 4. The fourth-order valence-electron chi connectivity index (χ4n) is 1.79. The van der Waals surface area contributed by atoms with E-state index in [1.165, 1.54) is 12.8 Å². The highest BCUT2D eigenvalue weighted by molar-refractivity contribution is 6.31. The molecule has 1 unspecified atom stereocenters. The number of hydrogen-bond acceptors (Lipinski definition) is 2. The molecule has 1 atom stereocenters. The first-order valence-corrected chi connectivity index (χ1v) is 6.27. The first-order valence-electron chi connectivity index (χ1n) is 5.89. The summed E-state index contributed by atoms with van der Waals surface area (Å²) in [7, 11) is 0. The largest absolute Gasteiger partial charge is 0.324 e. The van der Waals surface area contributed by atoms with Crippen LogP contribution in [-0.4, -0.2) is 11.9 Å². The third-order valence-corrected chi connectivity index (χ3v) is 3.56. The molecule has 0 radical (unpaired) electrons. The molecule has 1 saturated carbocycles. The van der Waals surface area contributed by atoms with Crippen LogP contribution in [0.4, 0.5) is 5.69 Å². The van der Waals surface area contributed by atoms with Crippen molar-refractivity contribution in [3.8, 4) is 0 Å². The second-order valence-electron chi connectivity index (χ2n) is 4.69. The molecule has 1 aliphatic carbocycles. The highest BCUT2D eigenvalue weighted by atomic mass is 35.5. The van der Waals surface area contributed by atoms with Gasteiger partial charge in [0, 0.05) is 10.7 Å². The summed E-state index contributed by atoms with van der Waals surface area (Å²) in [6.45, 7) is 1.88. The monoisotopic (exact) mass is 252 g/mol. The van der Waals surface area contributed by atoms with E-state index in [0.717, 1.165) is 17.7 Å². The van der Waals surface area contributed by atoms with Crippen LogP contribution < -0.4 is 11.1 Å². The van der Waals surface area contributed by atoms with Crippen molar-refractivity contribution in [2.75, 3.05) is 5.32 Å². The number of nitrogens with two attached hydrogens (primary N) is 1. The van der Waals surface area contributed by atoms with E-state index >= 15 is 0 Å². The van der Waals surface area contributed by atoms with Gasteiger partial charge in [0.1, 0.15) is 0 Å². The molecule has 1 aromatic rings. The maximum absolute atomic E-state index is 11.9. The van der Waals surface area contributed by atoms with Gasteiger partial charge in [-0.05, 0) is 37.0 Å². The van der Waals surface area contributed by atoms with E-state index in [1.54, 1.807) is 6.07 Å². The lowest BCUT2D eigenvalue weighted by Gasteiger charge is -2.13. The number of halogens is 1. The van der Waals surface area contributed by atoms with Gasteiger partial charge in [0.2, 0.25) is 5.91 Å². The Morgan fingerprint density at radius 3 is 2.94 bits per heavy atom. The van der Waals surface area contributed by atoms with Crippen LogP contribution in [0.5, 0.6) is 0 Å². The Kier molecular flexibility index (Phi) is 3.69. The van der Waals surface area contributed by atoms with E-state index in [1.807, 2.05) is 19.1 Å². The molecule has 1 amide bonds. The van der Waals surface area contributed by atoms with Crippen LogP contribution >= 0.6 is 11.6 Å². The van der Waals surface area contributed by atoms with Crippen LogP contribution in [0, 0.1) is 12.8 Å². The van der Waals surface area contributed by atoms with Crippen molar-refractivity contribution < 1.29 is 4.79 Å². The van der Waals surface area contributed by atoms with Gasteiger partial charge >= 0.3 is 0 Å². The fourth-order valence-corrected chi connectivity index (χ4v) is 1.96. The molecule has 0 spiro atoms. The van der Waals surface area contributed by atoms with Crippen LogP contribution in [0.1, 0.15) is 24.8 Å². The van der Waals surface area contributed by atoms with E-state index in [4.69, 9.17) is 17.3 Å². The summed E-state index contributed by atoms with van der Waals surface area (Å²) in [6.07, 6.45) is 3.19. The summed E-state index contributed by atoms with van der Waals surface area (Å²) in [5, 5.41) is 3.49. The van der Waals surface area contributed by atoms with Gasteiger partial charge in [-0.2, -0.15) is 0 Å². The Labute approximate surface area is 106 Å². The number of hydrogen-bond donors (Lipinski definition) is 2. The van der Waals surface area contributed by atoms with Crippen molar-refractivity contribution in [1.29, 1.82) is 0 Å². The highest BCUT2D eigenvalue weighted by Gasteiger charge is 2.27. The number of carbonyl (C=O) groups excluding carboxylic acids is 1. The zero-order valence-corrected chi connectivity index (χ0v) is 10.6. The number of amides is 1. The minimum absolute atomic E-state index is 0.123. The van der Waals surface area contributed by atoms with Crippen molar-refractivity contribution in [3.05, 3.63) is 28.8 Å². The molecule has 0 heterocycles.